The van der Waals surface area contributed by atoms with Crippen molar-refractivity contribution in [2.24, 2.45) is 0 Å². The number of ether oxygens (including phenoxy) is 1. The summed E-state index contributed by atoms with van der Waals surface area (Å²) in [4.78, 5) is 14.5. The number of carbonyl (C=O) groups excluding carboxylic acids is 1. The number of hydrogen-bond acceptors (Lipinski definition) is 3. The first-order valence-corrected chi connectivity index (χ1v) is 9.44. The Labute approximate surface area is 151 Å². The summed E-state index contributed by atoms with van der Waals surface area (Å²) >= 11 is 0. The summed E-state index contributed by atoms with van der Waals surface area (Å²) in [5.41, 5.74) is 0.889. The van der Waals surface area contributed by atoms with Crippen LogP contribution >= 0.6 is 0 Å². The second-order valence-corrected chi connectivity index (χ2v) is 8.95. The number of piperidine rings is 1. The molecule has 2 bridgehead atoms. The lowest BCUT2D eigenvalue weighted by atomic mass is 9.77. The third-order valence-electron chi connectivity index (χ3n) is 5.45. The fraction of sp³-hybridized carbons (Fsp3) is 0.667. The van der Waals surface area contributed by atoms with Crippen molar-refractivity contribution in [3.63, 3.8) is 0 Å². The van der Waals surface area contributed by atoms with Crippen molar-refractivity contribution >= 4 is 6.09 Å². The molecule has 2 aliphatic heterocycles. The van der Waals surface area contributed by atoms with Crippen molar-refractivity contribution < 1.29 is 14.6 Å². The van der Waals surface area contributed by atoms with E-state index in [9.17, 15) is 9.90 Å². The van der Waals surface area contributed by atoms with E-state index in [0.717, 1.165) is 18.4 Å². The average Bonchev–Trinajstić information content (AvgIpc) is 2.78. The number of aliphatic hydroxyl groups is 1. The zero-order valence-corrected chi connectivity index (χ0v) is 16.1. The standard InChI is InChI=1S/C21H31NO3/c1-14(2)17-8-6-7-9-18(17)21(24)12-15-10-11-16(13-21)22(15)19(23)25-20(3,4)5/h6-9,14-16,24H,10-13H2,1-5H3. The number of amides is 1. The van der Waals surface area contributed by atoms with E-state index in [-0.39, 0.29) is 18.2 Å². The average molecular weight is 345 g/mol. The van der Waals surface area contributed by atoms with E-state index >= 15 is 0 Å². The van der Waals surface area contributed by atoms with Crippen LogP contribution in [0.15, 0.2) is 24.3 Å². The third kappa shape index (κ3) is 3.55. The van der Waals surface area contributed by atoms with Gasteiger partial charge in [0.05, 0.1) is 5.60 Å². The molecule has 1 aromatic carbocycles. The second-order valence-electron chi connectivity index (χ2n) is 8.95. The van der Waals surface area contributed by atoms with Gasteiger partial charge in [0.2, 0.25) is 0 Å². The molecule has 0 aromatic heterocycles. The van der Waals surface area contributed by atoms with E-state index in [1.807, 2.05) is 37.8 Å². The largest absolute Gasteiger partial charge is 0.444 e. The zero-order chi connectivity index (χ0) is 18.4. The molecule has 4 heteroatoms. The molecule has 1 aromatic rings. The Hall–Kier alpha value is -1.55. The molecule has 3 rings (SSSR count). The van der Waals surface area contributed by atoms with E-state index in [1.165, 1.54) is 5.56 Å². The van der Waals surface area contributed by atoms with Crippen LogP contribution in [-0.2, 0) is 10.3 Å². The molecule has 2 heterocycles. The lowest BCUT2D eigenvalue weighted by molar-refractivity contribution is -0.0629. The molecule has 1 amide bonds. The highest BCUT2D eigenvalue weighted by Gasteiger charge is 2.51. The Morgan fingerprint density at radius 2 is 1.76 bits per heavy atom. The Balaban J connectivity index is 1.85. The molecule has 0 radical (unpaired) electrons. The lowest BCUT2D eigenvalue weighted by Crippen LogP contribution is -2.53. The van der Waals surface area contributed by atoms with Crippen LogP contribution < -0.4 is 0 Å². The minimum atomic E-state index is -0.856. The van der Waals surface area contributed by atoms with Crippen molar-refractivity contribution in [3.8, 4) is 0 Å². The molecule has 0 saturated carbocycles. The number of fused-ring (bicyclic) bond motifs is 2. The Kier molecular flexibility index (Phi) is 4.61. The quantitative estimate of drug-likeness (QED) is 0.855. The molecule has 4 nitrogen and oxygen atoms in total. The smallest absolute Gasteiger partial charge is 0.410 e. The minimum absolute atomic E-state index is 0.0545. The van der Waals surface area contributed by atoms with Crippen molar-refractivity contribution in [1.82, 2.24) is 4.90 Å². The van der Waals surface area contributed by atoms with Crippen molar-refractivity contribution in [1.29, 1.82) is 0 Å². The van der Waals surface area contributed by atoms with Gasteiger partial charge in [0, 0.05) is 24.9 Å². The Bertz CT molecular complexity index is 633. The molecule has 0 aliphatic carbocycles. The van der Waals surface area contributed by atoms with Gasteiger partial charge in [-0.2, -0.15) is 0 Å². The van der Waals surface area contributed by atoms with Crippen LogP contribution in [0.25, 0.3) is 0 Å². The molecule has 25 heavy (non-hydrogen) atoms. The van der Waals surface area contributed by atoms with Crippen LogP contribution in [0.5, 0.6) is 0 Å². The van der Waals surface area contributed by atoms with Gasteiger partial charge in [-0.25, -0.2) is 4.79 Å². The van der Waals surface area contributed by atoms with Crippen molar-refractivity contribution in [2.45, 2.75) is 89.5 Å². The normalized spacial score (nSPS) is 29.2. The Morgan fingerprint density at radius 1 is 1.20 bits per heavy atom. The van der Waals surface area contributed by atoms with Crippen LogP contribution in [0.2, 0.25) is 0 Å². The topological polar surface area (TPSA) is 49.8 Å². The number of carbonyl (C=O) groups is 1. The molecular weight excluding hydrogens is 314 g/mol. The van der Waals surface area contributed by atoms with E-state index in [2.05, 4.69) is 26.0 Å². The van der Waals surface area contributed by atoms with E-state index in [4.69, 9.17) is 4.74 Å². The maximum atomic E-state index is 12.6. The van der Waals surface area contributed by atoms with Crippen LogP contribution in [-0.4, -0.2) is 33.8 Å². The SMILES string of the molecule is CC(C)c1ccccc1C1(O)CC2CCC(C1)N2C(=O)OC(C)(C)C. The lowest BCUT2D eigenvalue weighted by Gasteiger charge is -2.45. The number of rotatable bonds is 2. The van der Waals surface area contributed by atoms with Gasteiger partial charge < -0.3 is 14.7 Å². The molecule has 2 aliphatic rings. The molecule has 0 spiro atoms. The predicted molar refractivity (Wildman–Crippen MR) is 98.5 cm³/mol. The van der Waals surface area contributed by atoms with Gasteiger partial charge in [-0.05, 0) is 50.7 Å². The molecule has 2 unspecified atom stereocenters. The van der Waals surface area contributed by atoms with E-state index < -0.39 is 11.2 Å². The highest BCUT2D eigenvalue weighted by Crippen LogP contribution is 2.47. The summed E-state index contributed by atoms with van der Waals surface area (Å²) in [6, 6.07) is 8.31. The first-order chi connectivity index (χ1) is 11.6. The summed E-state index contributed by atoms with van der Waals surface area (Å²) in [7, 11) is 0. The van der Waals surface area contributed by atoms with Gasteiger partial charge in [0.25, 0.3) is 0 Å². The number of hydrogen-bond donors (Lipinski definition) is 1. The first kappa shape index (κ1) is 18.2. The number of nitrogens with zero attached hydrogens (tertiary/aromatic N) is 1. The highest BCUT2D eigenvalue weighted by atomic mass is 16.6. The van der Waals surface area contributed by atoms with Gasteiger partial charge in [-0.1, -0.05) is 38.1 Å². The minimum Gasteiger partial charge on any atom is -0.444 e. The molecule has 2 saturated heterocycles. The van der Waals surface area contributed by atoms with Crippen LogP contribution in [0, 0.1) is 0 Å². The summed E-state index contributed by atoms with van der Waals surface area (Å²) in [6.07, 6.45) is 2.82. The zero-order valence-electron chi connectivity index (χ0n) is 16.1. The van der Waals surface area contributed by atoms with Gasteiger partial charge in [0.1, 0.15) is 5.60 Å². The maximum Gasteiger partial charge on any atom is 0.410 e. The molecule has 1 N–H and O–H groups in total. The first-order valence-electron chi connectivity index (χ1n) is 9.44. The summed E-state index contributed by atoms with van der Waals surface area (Å²) in [5, 5.41) is 11.5. The van der Waals surface area contributed by atoms with Gasteiger partial charge >= 0.3 is 6.09 Å². The molecular formula is C21H31NO3. The van der Waals surface area contributed by atoms with Gasteiger partial charge in [-0.15, -0.1) is 0 Å². The molecule has 138 valence electrons. The van der Waals surface area contributed by atoms with E-state index in [1.54, 1.807) is 0 Å². The fourth-order valence-corrected chi connectivity index (χ4v) is 4.48. The monoisotopic (exact) mass is 345 g/mol. The fourth-order valence-electron chi connectivity index (χ4n) is 4.48. The third-order valence-corrected chi connectivity index (χ3v) is 5.45. The number of benzene rings is 1. The van der Waals surface area contributed by atoms with Gasteiger partial charge in [0.15, 0.2) is 0 Å². The van der Waals surface area contributed by atoms with E-state index in [0.29, 0.717) is 18.8 Å². The van der Waals surface area contributed by atoms with Crippen LogP contribution in [0.4, 0.5) is 4.79 Å². The Morgan fingerprint density at radius 3 is 2.28 bits per heavy atom. The van der Waals surface area contributed by atoms with Crippen LogP contribution in [0.3, 0.4) is 0 Å². The maximum absolute atomic E-state index is 12.6. The molecule has 2 fully saturated rings. The summed E-state index contributed by atoms with van der Waals surface area (Å²) in [6.45, 7) is 10.0. The summed E-state index contributed by atoms with van der Waals surface area (Å²) in [5.74, 6) is 0.363. The summed E-state index contributed by atoms with van der Waals surface area (Å²) < 4.78 is 5.60. The molecule has 2 atom stereocenters. The van der Waals surface area contributed by atoms with Gasteiger partial charge in [-0.3, -0.25) is 0 Å². The van der Waals surface area contributed by atoms with Crippen molar-refractivity contribution in [2.75, 3.05) is 0 Å². The second kappa shape index (κ2) is 6.31. The predicted octanol–water partition coefficient (Wildman–Crippen LogP) is 4.56. The van der Waals surface area contributed by atoms with Crippen molar-refractivity contribution in [3.05, 3.63) is 35.4 Å². The highest BCUT2D eigenvalue weighted by molar-refractivity contribution is 5.70. The van der Waals surface area contributed by atoms with Crippen LogP contribution in [0.1, 0.15) is 77.3 Å².